The van der Waals surface area contributed by atoms with Gasteiger partial charge in [-0.2, -0.15) is 0 Å². The summed E-state index contributed by atoms with van der Waals surface area (Å²) >= 11 is 0. The Balaban J connectivity index is 2.13. The van der Waals surface area contributed by atoms with Crippen LogP contribution in [-0.4, -0.2) is 43.7 Å². The van der Waals surface area contributed by atoms with E-state index in [1.165, 1.54) is 0 Å². The Kier molecular flexibility index (Phi) is 2.98. The van der Waals surface area contributed by atoms with Crippen molar-refractivity contribution in [1.29, 1.82) is 0 Å². The number of carbonyl (C=O) groups is 1. The van der Waals surface area contributed by atoms with Crippen LogP contribution in [0.15, 0.2) is 0 Å². The van der Waals surface area contributed by atoms with Crippen LogP contribution in [0.4, 0.5) is 0 Å². The molecule has 0 bridgehead atoms. The lowest BCUT2D eigenvalue weighted by molar-refractivity contribution is -0.149. The SMILES string of the molecule is CCOC(=O)C1(CC)OC12CCS(=O)(=O)CC2. The highest BCUT2D eigenvalue weighted by molar-refractivity contribution is 7.91. The van der Waals surface area contributed by atoms with Crippen molar-refractivity contribution in [2.24, 2.45) is 0 Å². The molecule has 0 aromatic carbocycles. The van der Waals surface area contributed by atoms with Crippen molar-refractivity contribution < 1.29 is 22.7 Å². The Hall–Kier alpha value is -0.620. The number of rotatable bonds is 3. The van der Waals surface area contributed by atoms with Crippen molar-refractivity contribution in [2.75, 3.05) is 18.1 Å². The fraction of sp³-hybridized carbons (Fsp3) is 0.909. The second-order valence-electron chi connectivity index (χ2n) is 4.65. The molecule has 0 N–H and O–H groups in total. The molecule has 17 heavy (non-hydrogen) atoms. The maximum absolute atomic E-state index is 11.9. The van der Waals surface area contributed by atoms with Crippen LogP contribution in [0, 0.1) is 0 Å². The van der Waals surface area contributed by atoms with Gasteiger partial charge in [-0.05, 0) is 26.2 Å². The van der Waals surface area contributed by atoms with E-state index in [9.17, 15) is 13.2 Å². The Bertz CT molecular complexity index is 413. The normalized spacial score (nSPS) is 33.3. The van der Waals surface area contributed by atoms with Crippen LogP contribution in [0.2, 0.25) is 0 Å². The molecule has 0 aliphatic carbocycles. The lowest BCUT2D eigenvalue weighted by Crippen LogP contribution is -2.40. The van der Waals surface area contributed by atoms with E-state index >= 15 is 0 Å². The Morgan fingerprint density at radius 2 is 1.88 bits per heavy atom. The number of esters is 1. The van der Waals surface area contributed by atoms with Gasteiger partial charge >= 0.3 is 5.97 Å². The molecule has 2 aliphatic heterocycles. The van der Waals surface area contributed by atoms with Crippen molar-refractivity contribution in [2.45, 2.75) is 44.3 Å². The van der Waals surface area contributed by atoms with Crippen LogP contribution in [0.1, 0.15) is 33.1 Å². The summed E-state index contributed by atoms with van der Waals surface area (Å²) in [6.07, 6.45) is 1.34. The van der Waals surface area contributed by atoms with E-state index in [2.05, 4.69) is 0 Å². The monoisotopic (exact) mass is 262 g/mol. The third-order valence-corrected chi connectivity index (χ3v) is 5.45. The molecule has 0 radical (unpaired) electrons. The maximum Gasteiger partial charge on any atom is 0.341 e. The Labute approximate surface area is 101 Å². The maximum atomic E-state index is 11.9. The third-order valence-electron chi connectivity index (χ3n) is 3.80. The smallest absolute Gasteiger partial charge is 0.341 e. The first-order chi connectivity index (χ1) is 7.91. The Morgan fingerprint density at radius 3 is 2.35 bits per heavy atom. The number of ether oxygens (including phenoxy) is 2. The van der Waals surface area contributed by atoms with Gasteiger partial charge in [-0.15, -0.1) is 0 Å². The van der Waals surface area contributed by atoms with Gasteiger partial charge < -0.3 is 9.47 Å². The summed E-state index contributed by atoms with van der Waals surface area (Å²) in [6, 6.07) is 0. The summed E-state index contributed by atoms with van der Waals surface area (Å²) < 4.78 is 33.5. The van der Waals surface area contributed by atoms with Crippen LogP contribution in [-0.2, 0) is 24.1 Å². The molecule has 0 aromatic rings. The number of hydrogen-bond acceptors (Lipinski definition) is 5. The molecule has 1 unspecified atom stereocenters. The van der Waals surface area contributed by atoms with Gasteiger partial charge in [0.05, 0.1) is 18.1 Å². The lowest BCUT2D eigenvalue weighted by atomic mass is 9.85. The summed E-state index contributed by atoms with van der Waals surface area (Å²) in [5.74, 6) is -0.135. The largest absolute Gasteiger partial charge is 0.464 e. The Morgan fingerprint density at radius 1 is 1.29 bits per heavy atom. The van der Waals surface area contributed by atoms with E-state index in [1.54, 1.807) is 6.92 Å². The second kappa shape index (κ2) is 3.95. The third kappa shape index (κ3) is 1.87. The molecule has 0 amide bonds. The topological polar surface area (TPSA) is 73.0 Å². The minimum Gasteiger partial charge on any atom is -0.464 e. The van der Waals surface area contributed by atoms with Gasteiger partial charge in [0.15, 0.2) is 15.4 Å². The molecule has 0 aromatic heterocycles. The minimum atomic E-state index is -2.94. The van der Waals surface area contributed by atoms with Gasteiger partial charge in [0.25, 0.3) is 0 Å². The molecule has 98 valence electrons. The number of hydrogen-bond donors (Lipinski definition) is 0. The van der Waals surface area contributed by atoms with E-state index in [4.69, 9.17) is 9.47 Å². The molecule has 5 nitrogen and oxygen atoms in total. The number of carbonyl (C=O) groups excluding carboxylic acids is 1. The summed E-state index contributed by atoms with van der Waals surface area (Å²) in [5.41, 5.74) is -1.47. The second-order valence-corrected chi connectivity index (χ2v) is 6.95. The standard InChI is InChI=1S/C11H18O5S/c1-3-11(9(12)15-4-2)10(16-11)5-7-17(13,14)8-6-10/h3-8H2,1-2H3. The highest BCUT2D eigenvalue weighted by atomic mass is 32.2. The summed E-state index contributed by atoms with van der Waals surface area (Å²) in [7, 11) is -2.94. The van der Waals surface area contributed by atoms with Gasteiger partial charge in [0.1, 0.15) is 5.60 Å². The van der Waals surface area contributed by atoms with Gasteiger partial charge in [-0.25, -0.2) is 13.2 Å². The van der Waals surface area contributed by atoms with Gasteiger partial charge in [-0.3, -0.25) is 0 Å². The predicted molar refractivity (Wildman–Crippen MR) is 61.4 cm³/mol. The molecule has 2 saturated heterocycles. The summed E-state index contributed by atoms with van der Waals surface area (Å²) in [5, 5.41) is 0. The quantitative estimate of drug-likeness (QED) is 0.552. The average Bonchev–Trinajstić information content (AvgIpc) is 2.94. The van der Waals surface area contributed by atoms with E-state index in [1.807, 2.05) is 6.92 Å². The van der Waals surface area contributed by atoms with Gasteiger partial charge in [0, 0.05) is 0 Å². The van der Waals surface area contributed by atoms with Crippen molar-refractivity contribution in [1.82, 2.24) is 0 Å². The van der Waals surface area contributed by atoms with Crippen LogP contribution in [0.3, 0.4) is 0 Å². The molecule has 2 fully saturated rings. The molecule has 0 saturated carbocycles. The first-order valence-electron chi connectivity index (χ1n) is 5.99. The first kappa shape index (κ1) is 12.8. The average molecular weight is 262 g/mol. The zero-order valence-corrected chi connectivity index (χ0v) is 11.0. The molecule has 1 atom stereocenters. The summed E-state index contributed by atoms with van der Waals surface area (Å²) in [4.78, 5) is 11.9. The molecule has 1 spiro atoms. The van der Waals surface area contributed by atoms with Crippen molar-refractivity contribution >= 4 is 15.8 Å². The highest BCUT2D eigenvalue weighted by Gasteiger charge is 2.74. The van der Waals surface area contributed by atoms with E-state index in [0.717, 1.165) is 0 Å². The van der Waals surface area contributed by atoms with Gasteiger partial charge in [-0.1, -0.05) is 6.92 Å². The van der Waals surface area contributed by atoms with Crippen molar-refractivity contribution in [3.05, 3.63) is 0 Å². The number of epoxide rings is 1. The van der Waals surface area contributed by atoms with Crippen LogP contribution in [0.5, 0.6) is 0 Å². The van der Waals surface area contributed by atoms with Crippen molar-refractivity contribution in [3.8, 4) is 0 Å². The molecular formula is C11H18O5S. The molecule has 2 rings (SSSR count). The zero-order chi connectivity index (χ0) is 12.7. The van der Waals surface area contributed by atoms with Crippen LogP contribution < -0.4 is 0 Å². The zero-order valence-electron chi connectivity index (χ0n) is 10.2. The van der Waals surface area contributed by atoms with E-state index < -0.39 is 21.0 Å². The van der Waals surface area contributed by atoms with Crippen LogP contribution in [0.25, 0.3) is 0 Å². The lowest BCUT2D eigenvalue weighted by Gasteiger charge is -2.22. The predicted octanol–water partition coefficient (Wildman–Crippen LogP) is 0.676. The molecular weight excluding hydrogens is 244 g/mol. The summed E-state index contributed by atoms with van der Waals surface area (Å²) in [6.45, 7) is 3.94. The fourth-order valence-electron chi connectivity index (χ4n) is 2.70. The fourth-order valence-corrected chi connectivity index (χ4v) is 4.18. The minimum absolute atomic E-state index is 0.105. The van der Waals surface area contributed by atoms with E-state index in [-0.39, 0.29) is 17.5 Å². The first-order valence-corrected chi connectivity index (χ1v) is 7.81. The van der Waals surface area contributed by atoms with Gasteiger partial charge in [0.2, 0.25) is 0 Å². The molecule has 6 heteroatoms. The molecule has 2 heterocycles. The van der Waals surface area contributed by atoms with Crippen LogP contribution >= 0.6 is 0 Å². The van der Waals surface area contributed by atoms with Crippen molar-refractivity contribution in [3.63, 3.8) is 0 Å². The molecule has 2 aliphatic rings. The number of sulfone groups is 1. The van der Waals surface area contributed by atoms with E-state index in [0.29, 0.717) is 25.9 Å². The highest BCUT2D eigenvalue weighted by Crippen LogP contribution is 2.57.